The Labute approximate surface area is 141 Å². The maximum Gasteiger partial charge on any atom is 0.410 e. The summed E-state index contributed by atoms with van der Waals surface area (Å²) < 4.78 is 11.9. The highest BCUT2D eigenvalue weighted by atomic mass is 28.4. The molecule has 1 aliphatic rings. The van der Waals surface area contributed by atoms with E-state index in [1.807, 2.05) is 20.8 Å². The van der Waals surface area contributed by atoms with Crippen molar-refractivity contribution < 1.29 is 18.8 Å². The third-order valence-electron chi connectivity index (χ3n) is 4.56. The first-order valence-corrected chi connectivity index (χ1v) is 11.2. The Hall–Kier alpha value is -0.633. The van der Waals surface area contributed by atoms with Gasteiger partial charge in [0, 0.05) is 6.54 Å². The Bertz CT molecular complexity index is 415. The van der Waals surface area contributed by atoms with Gasteiger partial charge in [-0.25, -0.2) is 10.7 Å². The van der Waals surface area contributed by atoms with Gasteiger partial charge in [-0.15, -0.1) is 0 Å². The first-order valence-electron chi connectivity index (χ1n) is 8.26. The SMILES string of the molecule is CC(C)(C)OC(=O)N1CC(O[Si](C)(C)C(C)(C)C)CC1CON. The van der Waals surface area contributed by atoms with Crippen LogP contribution in [0.3, 0.4) is 0 Å². The van der Waals surface area contributed by atoms with Crippen molar-refractivity contribution in [2.24, 2.45) is 5.90 Å². The fraction of sp³-hybridized carbons (Fsp3) is 0.938. The molecule has 1 aliphatic heterocycles. The molecule has 1 heterocycles. The zero-order valence-electron chi connectivity index (χ0n) is 15.9. The maximum atomic E-state index is 12.4. The van der Waals surface area contributed by atoms with Crippen LogP contribution in [-0.4, -0.2) is 50.2 Å². The first-order chi connectivity index (χ1) is 10.3. The van der Waals surface area contributed by atoms with E-state index >= 15 is 0 Å². The molecule has 0 spiro atoms. The van der Waals surface area contributed by atoms with E-state index in [0.29, 0.717) is 6.54 Å². The van der Waals surface area contributed by atoms with Crippen molar-refractivity contribution >= 4 is 14.4 Å². The van der Waals surface area contributed by atoms with Crippen LogP contribution < -0.4 is 5.90 Å². The highest BCUT2D eigenvalue weighted by Crippen LogP contribution is 2.39. The van der Waals surface area contributed by atoms with Gasteiger partial charge in [-0.05, 0) is 45.3 Å². The zero-order chi connectivity index (χ0) is 18.1. The summed E-state index contributed by atoms with van der Waals surface area (Å²) in [6.07, 6.45) is 0.396. The Kier molecular flexibility index (Phi) is 6.29. The van der Waals surface area contributed by atoms with Crippen LogP contribution in [0.15, 0.2) is 0 Å². The molecule has 1 saturated heterocycles. The molecule has 0 aromatic heterocycles. The molecule has 0 aromatic carbocycles. The number of likely N-dealkylation sites (tertiary alicyclic amines) is 1. The van der Waals surface area contributed by atoms with Crippen molar-refractivity contribution in [1.82, 2.24) is 4.90 Å². The predicted molar refractivity (Wildman–Crippen MR) is 93.6 cm³/mol. The van der Waals surface area contributed by atoms with Gasteiger partial charge in [0.15, 0.2) is 8.32 Å². The molecule has 136 valence electrons. The Morgan fingerprint density at radius 3 is 2.22 bits per heavy atom. The van der Waals surface area contributed by atoms with E-state index in [0.717, 1.165) is 6.42 Å². The predicted octanol–water partition coefficient (Wildman–Crippen LogP) is 3.28. The smallest absolute Gasteiger partial charge is 0.410 e. The van der Waals surface area contributed by atoms with Crippen molar-refractivity contribution in [2.75, 3.05) is 13.2 Å². The molecular formula is C16H34N2O4Si. The van der Waals surface area contributed by atoms with E-state index in [1.54, 1.807) is 4.90 Å². The minimum atomic E-state index is -1.88. The summed E-state index contributed by atoms with van der Waals surface area (Å²) in [5.41, 5.74) is -0.524. The quantitative estimate of drug-likeness (QED) is 0.624. The van der Waals surface area contributed by atoms with E-state index in [4.69, 9.17) is 19.9 Å². The third kappa shape index (κ3) is 5.74. The molecule has 0 saturated carbocycles. The van der Waals surface area contributed by atoms with Crippen LogP contribution in [-0.2, 0) is 14.0 Å². The zero-order valence-corrected chi connectivity index (χ0v) is 16.9. The van der Waals surface area contributed by atoms with Gasteiger partial charge in [0.2, 0.25) is 0 Å². The molecule has 23 heavy (non-hydrogen) atoms. The van der Waals surface area contributed by atoms with Crippen molar-refractivity contribution in [2.45, 2.75) is 83.8 Å². The summed E-state index contributed by atoms with van der Waals surface area (Å²) in [5, 5.41) is 0.131. The molecular weight excluding hydrogens is 312 g/mol. The maximum absolute atomic E-state index is 12.4. The minimum absolute atomic E-state index is 0.00330. The van der Waals surface area contributed by atoms with Crippen LogP contribution in [0.25, 0.3) is 0 Å². The lowest BCUT2D eigenvalue weighted by Crippen LogP contribution is -2.45. The largest absolute Gasteiger partial charge is 0.444 e. The van der Waals surface area contributed by atoms with Crippen molar-refractivity contribution in [3.63, 3.8) is 0 Å². The highest BCUT2D eigenvalue weighted by molar-refractivity contribution is 6.74. The lowest BCUT2D eigenvalue weighted by Gasteiger charge is -2.38. The van der Waals surface area contributed by atoms with Crippen LogP contribution in [0.4, 0.5) is 4.79 Å². The second kappa shape index (κ2) is 7.09. The Balaban J connectivity index is 2.80. The van der Waals surface area contributed by atoms with Gasteiger partial charge in [0.05, 0.1) is 18.8 Å². The van der Waals surface area contributed by atoms with Gasteiger partial charge in [0.1, 0.15) is 5.60 Å². The summed E-state index contributed by atoms with van der Waals surface area (Å²) >= 11 is 0. The molecule has 7 heteroatoms. The lowest BCUT2D eigenvalue weighted by atomic mass is 10.2. The van der Waals surface area contributed by atoms with Crippen molar-refractivity contribution in [3.8, 4) is 0 Å². The summed E-state index contributed by atoms with van der Waals surface area (Å²) in [7, 11) is -1.88. The van der Waals surface area contributed by atoms with E-state index in [2.05, 4.69) is 33.9 Å². The number of nitrogens with zero attached hydrogens (tertiary/aromatic N) is 1. The van der Waals surface area contributed by atoms with Gasteiger partial charge in [-0.1, -0.05) is 20.8 Å². The topological polar surface area (TPSA) is 74.0 Å². The van der Waals surface area contributed by atoms with E-state index in [9.17, 15) is 4.79 Å². The molecule has 1 fully saturated rings. The average molecular weight is 347 g/mol. The fourth-order valence-corrected chi connectivity index (χ4v) is 3.72. The molecule has 0 bridgehead atoms. The number of rotatable bonds is 4. The molecule has 0 aromatic rings. The summed E-state index contributed by atoms with van der Waals surface area (Å²) in [6, 6.07) is -0.107. The van der Waals surface area contributed by atoms with Crippen LogP contribution in [0.2, 0.25) is 18.1 Å². The van der Waals surface area contributed by atoms with Crippen LogP contribution in [0.1, 0.15) is 48.0 Å². The number of hydrogen-bond acceptors (Lipinski definition) is 5. The summed E-state index contributed by atoms with van der Waals surface area (Å²) in [4.78, 5) is 18.9. The molecule has 2 atom stereocenters. The van der Waals surface area contributed by atoms with Gasteiger partial charge < -0.3 is 18.9 Å². The van der Waals surface area contributed by atoms with Gasteiger partial charge in [0.25, 0.3) is 0 Å². The third-order valence-corrected chi connectivity index (χ3v) is 9.10. The average Bonchev–Trinajstić information content (AvgIpc) is 2.68. The highest BCUT2D eigenvalue weighted by Gasteiger charge is 2.44. The van der Waals surface area contributed by atoms with Gasteiger partial charge in [-0.2, -0.15) is 0 Å². The second-order valence-corrected chi connectivity index (χ2v) is 13.6. The second-order valence-electron chi connectivity index (χ2n) is 8.86. The lowest BCUT2D eigenvalue weighted by molar-refractivity contribution is 0.00985. The number of carbonyl (C=O) groups is 1. The molecule has 0 radical (unpaired) electrons. The molecule has 6 nitrogen and oxygen atoms in total. The van der Waals surface area contributed by atoms with E-state index in [-0.39, 0.29) is 29.9 Å². The van der Waals surface area contributed by atoms with E-state index in [1.165, 1.54) is 0 Å². The standard InChI is InChI=1S/C16H34N2O4Si/c1-15(2,3)21-14(19)18-10-13(9-12(18)11-20-17)22-23(7,8)16(4,5)6/h12-13H,9-11,17H2,1-8H3. The first kappa shape index (κ1) is 20.4. The van der Waals surface area contributed by atoms with Crippen LogP contribution >= 0.6 is 0 Å². The molecule has 1 amide bonds. The number of amides is 1. The molecule has 2 N–H and O–H groups in total. The normalized spacial score (nSPS) is 23.3. The number of carbonyl (C=O) groups excluding carboxylic acids is 1. The minimum Gasteiger partial charge on any atom is -0.444 e. The molecule has 0 aliphatic carbocycles. The Morgan fingerprint density at radius 1 is 1.22 bits per heavy atom. The van der Waals surface area contributed by atoms with Crippen LogP contribution in [0.5, 0.6) is 0 Å². The fourth-order valence-electron chi connectivity index (χ4n) is 2.37. The summed E-state index contributed by atoms with van der Waals surface area (Å²) in [6.45, 7) is 17.5. The van der Waals surface area contributed by atoms with Crippen molar-refractivity contribution in [1.29, 1.82) is 0 Å². The number of nitrogens with two attached hydrogens (primary N) is 1. The van der Waals surface area contributed by atoms with E-state index < -0.39 is 13.9 Å². The monoisotopic (exact) mass is 346 g/mol. The Morgan fingerprint density at radius 2 is 1.78 bits per heavy atom. The number of ether oxygens (including phenoxy) is 1. The van der Waals surface area contributed by atoms with Gasteiger partial charge in [-0.3, -0.25) is 0 Å². The summed E-state index contributed by atoms with van der Waals surface area (Å²) in [5.74, 6) is 5.23. The van der Waals surface area contributed by atoms with Crippen LogP contribution in [0, 0.1) is 0 Å². The molecule has 2 unspecified atom stereocenters. The van der Waals surface area contributed by atoms with Crippen molar-refractivity contribution in [3.05, 3.63) is 0 Å². The van der Waals surface area contributed by atoms with Gasteiger partial charge >= 0.3 is 6.09 Å². The number of hydrogen-bond donors (Lipinski definition) is 1. The molecule has 1 rings (SSSR count).